The Kier molecular flexibility index (Phi) is 6.40. The molecule has 2 atom stereocenters. The van der Waals surface area contributed by atoms with Crippen LogP contribution in [0.4, 0.5) is 4.79 Å². The third-order valence-corrected chi connectivity index (χ3v) is 7.84. The SMILES string of the molecule is CC1CC(n2cc3ccc(-c4cncc(-c5cc(Br)cs5)n4)cc3n2)CCN1C(=O)OC(C)(C)C. The molecule has 3 aromatic heterocycles. The average Bonchev–Trinajstić information content (AvgIpc) is 3.43. The molecule has 35 heavy (non-hydrogen) atoms. The maximum Gasteiger partial charge on any atom is 0.410 e. The zero-order chi connectivity index (χ0) is 24.7. The Labute approximate surface area is 217 Å². The van der Waals surface area contributed by atoms with E-state index in [0.29, 0.717) is 6.54 Å². The van der Waals surface area contributed by atoms with E-state index in [1.54, 1.807) is 23.7 Å². The van der Waals surface area contributed by atoms with Crippen molar-refractivity contribution in [3.05, 3.63) is 52.7 Å². The topological polar surface area (TPSA) is 73.1 Å². The van der Waals surface area contributed by atoms with Gasteiger partial charge in [-0.1, -0.05) is 12.1 Å². The second kappa shape index (κ2) is 9.35. The van der Waals surface area contributed by atoms with Gasteiger partial charge < -0.3 is 9.64 Å². The van der Waals surface area contributed by atoms with Crippen LogP contribution in [0.25, 0.3) is 32.7 Å². The molecule has 7 nitrogen and oxygen atoms in total. The molecule has 5 rings (SSSR count). The first-order valence-electron chi connectivity index (χ1n) is 11.7. The minimum Gasteiger partial charge on any atom is -0.444 e. The van der Waals surface area contributed by atoms with Gasteiger partial charge in [0, 0.05) is 39.6 Å². The minimum absolute atomic E-state index is 0.0850. The lowest BCUT2D eigenvalue weighted by Gasteiger charge is -2.38. The number of nitrogens with zero attached hydrogens (tertiary/aromatic N) is 5. The van der Waals surface area contributed by atoms with Gasteiger partial charge in [0.15, 0.2) is 0 Å². The molecule has 0 bridgehead atoms. The molecule has 0 aliphatic carbocycles. The summed E-state index contributed by atoms with van der Waals surface area (Å²) in [5, 5.41) is 8.03. The highest BCUT2D eigenvalue weighted by molar-refractivity contribution is 9.10. The Bertz CT molecular complexity index is 1380. The van der Waals surface area contributed by atoms with Crippen LogP contribution in [0.3, 0.4) is 0 Å². The van der Waals surface area contributed by atoms with Crippen LogP contribution in [-0.2, 0) is 4.74 Å². The van der Waals surface area contributed by atoms with E-state index >= 15 is 0 Å². The predicted molar refractivity (Wildman–Crippen MR) is 142 cm³/mol. The van der Waals surface area contributed by atoms with Crippen LogP contribution in [0.15, 0.2) is 52.7 Å². The summed E-state index contributed by atoms with van der Waals surface area (Å²) in [5.41, 5.74) is 3.10. The largest absolute Gasteiger partial charge is 0.444 e. The lowest BCUT2D eigenvalue weighted by molar-refractivity contribution is 0.00733. The summed E-state index contributed by atoms with van der Waals surface area (Å²) in [6, 6.07) is 8.60. The Morgan fingerprint density at radius 1 is 1.20 bits per heavy atom. The van der Waals surface area contributed by atoms with E-state index in [0.717, 1.165) is 50.0 Å². The number of carbonyl (C=O) groups is 1. The van der Waals surface area contributed by atoms with E-state index in [1.165, 1.54) is 0 Å². The van der Waals surface area contributed by atoms with E-state index in [2.05, 4.69) is 63.0 Å². The van der Waals surface area contributed by atoms with Gasteiger partial charge in [0.05, 0.1) is 40.2 Å². The molecular weight excluding hydrogens is 526 g/mol. The van der Waals surface area contributed by atoms with Crippen molar-refractivity contribution < 1.29 is 9.53 Å². The lowest BCUT2D eigenvalue weighted by Crippen LogP contribution is -2.47. The summed E-state index contributed by atoms with van der Waals surface area (Å²) in [5.74, 6) is 0. The minimum atomic E-state index is -0.490. The third kappa shape index (κ3) is 5.26. The molecule has 1 aromatic carbocycles. The van der Waals surface area contributed by atoms with Crippen molar-refractivity contribution in [2.75, 3.05) is 6.54 Å². The van der Waals surface area contributed by atoms with Crippen molar-refractivity contribution >= 4 is 44.3 Å². The first-order chi connectivity index (χ1) is 16.7. The fourth-order valence-electron chi connectivity index (χ4n) is 4.43. The number of hydrogen-bond donors (Lipinski definition) is 0. The van der Waals surface area contributed by atoms with Crippen LogP contribution in [-0.4, -0.2) is 48.9 Å². The van der Waals surface area contributed by atoms with Gasteiger partial charge in [-0.2, -0.15) is 5.10 Å². The van der Waals surface area contributed by atoms with Crippen molar-refractivity contribution in [2.24, 2.45) is 0 Å². The van der Waals surface area contributed by atoms with Crippen LogP contribution in [0, 0.1) is 0 Å². The number of fused-ring (bicyclic) bond motifs is 1. The molecule has 1 aliphatic rings. The van der Waals surface area contributed by atoms with Crippen molar-refractivity contribution in [3.63, 3.8) is 0 Å². The molecule has 0 radical (unpaired) electrons. The van der Waals surface area contributed by atoms with E-state index in [4.69, 9.17) is 14.8 Å². The summed E-state index contributed by atoms with van der Waals surface area (Å²) in [4.78, 5) is 24.7. The number of ether oxygens (including phenoxy) is 1. The van der Waals surface area contributed by atoms with Crippen LogP contribution < -0.4 is 0 Å². The molecule has 9 heteroatoms. The van der Waals surface area contributed by atoms with Gasteiger partial charge in [-0.3, -0.25) is 9.67 Å². The van der Waals surface area contributed by atoms with Crippen LogP contribution in [0.2, 0.25) is 0 Å². The number of likely N-dealkylation sites (tertiary alicyclic amines) is 1. The van der Waals surface area contributed by atoms with Crippen molar-refractivity contribution in [1.29, 1.82) is 0 Å². The highest BCUT2D eigenvalue weighted by Crippen LogP contribution is 2.32. The number of piperidine rings is 1. The van der Waals surface area contributed by atoms with Crippen LogP contribution in [0.5, 0.6) is 0 Å². The molecule has 2 unspecified atom stereocenters. The Hall–Kier alpha value is -2.78. The Morgan fingerprint density at radius 3 is 2.71 bits per heavy atom. The Balaban J connectivity index is 1.34. The number of thiophene rings is 1. The maximum absolute atomic E-state index is 12.6. The number of carbonyl (C=O) groups excluding carboxylic acids is 1. The molecule has 1 amide bonds. The summed E-state index contributed by atoms with van der Waals surface area (Å²) in [6.07, 6.45) is 7.12. The molecule has 0 N–H and O–H groups in total. The standard InChI is InChI=1S/C26H28BrN5O2S/c1-16-9-20(7-8-31(16)25(33)34-26(2,3)4)32-14-18-6-5-17(10-21(18)30-32)22-12-28-13-23(29-22)24-11-19(27)15-35-24/h5-6,10-16,20H,7-9H2,1-4H3. The number of rotatable bonds is 3. The molecule has 1 saturated heterocycles. The van der Waals surface area contributed by atoms with Gasteiger partial charge in [0.1, 0.15) is 5.60 Å². The first kappa shape index (κ1) is 23.9. The third-order valence-electron chi connectivity index (χ3n) is 6.13. The molecule has 1 fully saturated rings. The molecule has 0 saturated carbocycles. The monoisotopic (exact) mass is 553 g/mol. The van der Waals surface area contributed by atoms with Gasteiger partial charge in [-0.15, -0.1) is 11.3 Å². The van der Waals surface area contributed by atoms with Gasteiger partial charge in [0.25, 0.3) is 0 Å². The number of halogens is 1. The summed E-state index contributed by atoms with van der Waals surface area (Å²) in [7, 11) is 0. The van der Waals surface area contributed by atoms with Crippen LogP contribution in [0.1, 0.15) is 46.6 Å². The summed E-state index contributed by atoms with van der Waals surface area (Å²) >= 11 is 5.14. The molecule has 1 aliphatic heterocycles. The summed E-state index contributed by atoms with van der Waals surface area (Å²) < 4.78 is 8.68. The number of amides is 1. The van der Waals surface area contributed by atoms with Crippen molar-refractivity contribution in [3.8, 4) is 21.8 Å². The second-order valence-corrected chi connectivity index (χ2v) is 11.8. The van der Waals surface area contributed by atoms with E-state index in [1.807, 2.05) is 31.1 Å². The zero-order valence-corrected chi connectivity index (χ0v) is 22.6. The second-order valence-electron chi connectivity index (χ2n) is 10.0. The first-order valence-corrected chi connectivity index (χ1v) is 13.4. The molecule has 0 spiro atoms. The van der Waals surface area contributed by atoms with Crippen molar-refractivity contribution in [2.45, 2.75) is 58.2 Å². The normalized spacial score (nSPS) is 18.7. The van der Waals surface area contributed by atoms with Gasteiger partial charge in [-0.25, -0.2) is 9.78 Å². The average molecular weight is 555 g/mol. The van der Waals surface area contributed by atoms with Crippen molar-refractivity contribution in [1.82, 2.24) is 24.6 Å². The van der Waals surface area contributed by atoms with Gasteiger partial charge >= 0.3 is 6.09 Å². The Morgan fingerprint density at radius 2 is 2.00 bits per heavy atom. The number of hydrogen-bond acceptors (Lipinski definition) is 6. The highest BCUT2D eigenvalue weighted by atomic mass is 79.9. The quantitative estimate of drug-likeness (QED) is 0.274. The van der Waals surface area contributed by atoms with E-state index in [9.17, 15) is 4.79 Å². The highest BCUT2D eigenvalue weighted by Gasteiger charge is 2.32. The molecule has 182 valence electrons. The van der Waals surface area contributed by atoms with E-state index < -0.39 is 5.60 Å². The molecule has 4 heterocycles. The zero-order valence-electron chi connectivity index (χ0n) is 20.2. The van der Waals surface area contributed by atoms with Crippen LogP contribution >= 0.6 is 27.3 Å². The fourth-order valence-corrected chi connectivity index (χ4v) is 5.81. The fraction of sp³-hybridized carbons (Fsp3) is 0.385. The lowest BCUT2D eigenvalue weighted by atomic mass is 9.99. The maximum atomic E-state index is 12.6. The smallest absolute Gasteiger partial charge is 0.410 e. The molecular formula is C26H28BrN5O2S. The summed E-state index contributed by atoms with van der Waals surface area (Å²) in [6.45, 7) is 8.43. The van der Waals surface area contributed by atoms with Gasteiger partial charge in [0.2, 0.25) is 0 Å². The molecule has 4 aromatic rings. The number of benzene rings is 1. The number of aromatic nitrogens is 4. The van der Waals surface area contributed by atoms with Gasteiger partial charge in [-0.05, 0) is 68.6 Å². The predicted octanol–water partition coefficient (Wildman–Crippen LogP) is 6.94. The van der Waals surface area contributed by atoms with E-state index in [-0.39, 0.29) is 18.2 Å².